The minimum absolute atomic E-state index is 0.0976. The van der Waals surface area contributed by atoms with Gasteiger partial charge in [0.25, 0.3) is 0 Å². The Bertz CT molecular complexity index is 728. The van der Waals surface area contributed by atoms with Gasteiger partial charge >= 0.3 is 6.03 Å². The number of anilines is 1. The standard InChI is InChI=1S/C15H12Cl3FN2O2/c16-9-5-11(18)13(6-10(9)17)21-15(23)20-7-14(22)8-3-1-2-4-12(8)19/h1-6,14,22H,7H2,(H2,20,21,23). The maximum Gasteiger partial charge on any atom is 0.319 e. The Hall–Kier alpha value is -1.53. The van der Waals surface area contributed by atoms with Crippen LogP contribution in [0, 0.1) is 5.82 Å². The van der Waals surface area contributed by atoms with Gasteiger partial charge in [0.1, 0.15) is 5.82 Å². The van der Waals surface area contributed by atoms with Crippen LogP contribution in [-0.2, 0) is 0 Å². The molecule has 0 radical (unpaired) electrons. The van der Waals surface area contributed by atoms with Crippen molar-refractivity contribution >= 4 is 46.5 Å². The van der Waals surface area contributed by atoms with Gasteiger partial charge in [0.2, 0.25) is 0 Å². The quantitative estimate of drug-likeness (QED) is 0.680. The zero-order chi connectivity index (χ0) is 17.0. The Morgan fingerprint density at radius 1 is 1.13 bits per heavy atom. The van der Waals surface area contributed by atoms with Crippen LogP contribution in [0.15, 0.2) is 36.4 Å². The Labute approximate surface area is 147 Å². The summed E-state index contributed by atoms with van der Waals surface area (Å²) in [6.45, 7) is -0.175. The molecular formula is C15H12Cl3FN2O2. The molecular weight excluding hydrogens is 366 g/mol. The number of aliphatic hydroxyl groups excluding tert-OH is 1. The molecule has 0 saturated heterocycles. The number of urea groups is 1. The first-order valence-electron chi connectivity index (χ1n) is 6.50. The van der Waals surface area contributed by atoms with Crippen LogP contribution in [0.1, 0.15) is 11.7 Å². The fraction of sp³-hybridized carbons (Fsp3) is 0.133. The van der Waals surface area contributed by atoms with Crippen LogP contribution in [-0.4, -0.2) is 17.7 Å². The van der Waals surface area contributed by atoms with Crippen molar-refractivity contribution in [3.05, 3.63) is 62.8 Å². The largest absolute Gasteiger partial charge is 0.386 e. The summed E-state index contributed by atoms with van der Waals surface area (Å²) in [5.41, 5.74) is 0.360. The van der Waals surface area contributed by atoms with Crippen LogP contribution in [0.25, 0.3) is 0 Å². The van der Waals surface area contributed by atoms with Crippen molar-refractivity contribution in [2.45, 2.75) is 6.10 Å². The third-order valence-electron chi connectivity index (χ3n) is 2.98. The molecule has 122 valence electrons. The third kappa shape index (κ3) is 4.72. The van der Waals surface area contributed by atoms with Crippen molar-refractivity contribution < 1.29 is 14.3 Å². The zero-order valence-corrected chi connectivity index (χ0v) is 13.9. The minimum Gasteiger partial charge on any atom is -0.386 e. The van der Waals surface area contributed by atoms with Crippen LogP contribution in [0.5, 0.6) is 0 Å². The smallest absolute Gasteiger partial charge is 0.319 e. The molecule has 8 heteroatoms. The van der Waals surface area contributed by atoms with Crippen molar-refractivity contribution in [3.63, 3.8) is 0 Å². The molecule has 2 aromatic carbocycles. The van der Waals surface area contributed by atoms with Crippen LogP contribution >= 0.6 is 34.8 Å². The van der Waals surface area contributed by atoms with E-state index in [2.05, 4.69) is 10.6 Å². The molecule has 0 saturated carbocycles. The molecule has 3 N–H and O–H groups in total. The number of rotatable bonds is 4. The van der Waals surface area contributed by atoms with Crippen molar-refractivity contribution in [2.24, 2.45) is 0 Å². The minimum atomic E-state index is -1.17. The summed E-state index contributed by atoms with van der Waals surface area (Å²) in [7, 11) is 0. The highest BCUT2D eigenvalue weighted by Gasteiger charge is 2.14. The number of hydrogen-bond acceptors (Lipinski definition) is 2. The van der Waals surface area contributed by atoms with Gasteiger partial charge in [-0.05, 0) is 18.2 Å². The Balaban J connectivity index is 1.96. The number of nitrogens with one attached hydrogen (secondary N) is 2. The highest BCUT2D eigenvalue weighted by Crippen LogP contribution is 2.32. The third-order valence-corrected chi connectivity index (χ3v) is 4.01. The average molecular weight is 378 g/mol. The molecule has 0 aromatic heterocycles. The predicted octanol–water partition coefficient (Wildman–Crippen LogP) is 4.64. The summed E-state index contributed by atoms with van der Waals surface area (Å²) in [6, 6.07) is 7.95. The number of amides is 2. The molecule has 0 heterocycles. The summed E-state index contributed by atoms with van der Waals surface area (Å²) in [5, 5.41) is 15.5. The molecule has 0 fully saturated rings. The van der Waals surface area contributed by atoms with E-state index in [-0.39, 0.29) is 32.9 Å². The number of carbonyl (C=O) groups excluding carboxylic acids is 1. The Morgan fingerprint density at radius 3 is 2.48 bits per heavy atom. The molecule has 0 aliphatic rings. The van der Waals surface area contributed by atoms with Crippen molar-refractivity contribution in [1.29, 1.82) is 0 Å². The van der Waals surface area contributed by atoms with Crippen molar-refractivity contribution in [3.8, 4) is 0 Å². The van der Waals surface area contributed by atoms with E-state index in [0.29, 0.717) is 0 Å². The Morgan fingerprint density at radius 2 is 1.78 bits per heavy atom. The van der Waals surface area contributed by atoms with E-state index in [0.717, 1.165) is 0 Å². The molecule has 0 aliphatic carbocycles. The number of halogens is 4. The van der Waals surface area contributed by atoms with E-state index >= 15 is 0 Å². The van der Waals surface area contributed by atoms with Crippen molar-refractivity contribution in [2.75, 3.05) is 11.9 Å². The van der Waals surface area contributed by atoms with E-state index in [1.807, 2.05) is 0 Å². The van der Waals surface area contributed by atoms with Crippen molar-refractivity contribution in [1.82, 2.24) is 5.32 Å². The molecule has 4 nitrogen and oxygen atoms in total. The van der Waals surface area contributed by atoms with Gasteiger partial charge in [-0.2, -0.15) is 0 Å². The maximum atomic E-state index is 13.5. The normalized spacial score (nSPS) is 11.9. The summed E-state index contributed by atoms with van der Waals surface area (Å²) >= 11 is 17.6. The van der Waals surface area contributed by atoms with Gasteiger partial charge in [0.05, 0.1) is 26.9 Å². The SMILES string of the molecule is O=C(NCC(O)c1ccccc1F)Nc1cc(Cl)c(Cl)cc1Cl. The average Bonchev–Trinajstić information content (AvgIpc) is 2.51. The van der Waals surface area contributed by atoms with Crippen LogP contribution in [0.4, 0.5) is 14.9 Å². The Kier molecular flexibility index (Phi) is 6.07. The van der Waals surface area contributed by atoms with Gasteiger partial charge in [0, 0.05) is 12.1 Å². The first kappa shape index (κ1) is 17.8. The van der Waals surface area contributed by atoms with Gasteiger partial charge in [-0.25, -0.2) is 9.18 Å². The van der Waals surface area contributed by atoms with E-state index in [9.17, 15) is 14.3 Å². The second-order valence-electron chi connectivity index (χ2n) is 4.62. The monoisotopic (exact) mass is 376 g/mol. The van der Waals surface area contributed by atoms with E-state index in [1.54, 1.807) is 6.07 Å². The van der Waals surface area contributed by atoms with Gasteiger partial charge in [-0.15, -0.1) is 0 Å². The van der Waals surface area contributed by atoms with E-state index in [4.69, 9.17) is 34.8 Å². The summed E-state index contributed by atoms with van der Waals surface area (Å²) in [4.78, 5) is 11.8. The lowest BCUT2D eigenvalue weighted by Crippen LogP contribution is -2.32. The predicted molar refractivity (Wildman–Crippen MR) is 89.9 cm³/mol. The topological polar surface area (TPSA) is 61.4 Å². The molecule has 0 bridgehead atoms. The lowest BCUT2D eigenvalue weighted by molar-refractivity contribution is 0.170. The van der Waals surface area contributed by atoms with E-state index < -0.39 is 18.0 Å². The molecule has 1 atom stereocenters. The maximum absolute atomic E-state index is 13.5. The summed E-state index contributed by atoms with van der Waals surface area (Å²) < 4.78 is 13.5. The fourth-order valence-electron chi connectivity index (χ4n) is 1.83. The van der Waals surface area contributed by atoms with Gasteiger partial charge in [-0.1, -0.05) is 53.0 Å². The summed E-state index contributed by atoms with van der Waals surface area (Å²) in [5.74, 6) is -0.547. The van der Waals surface area contributed by atoms with E-state index in [1.165, 1.54) is 30.3 Å². The molecule has 0 aliphatic heterocycles. The molecule has 2 aromatic rings. The molecule has 0 spiro atoms. The lowest BCUT2D eigenvalue weighted by Gasteiger charge is -2.14. The summed E-state index contributed by atoms with van der Waals surface area (Å²) in [6.07, 6.45) is -1.17. The second kappa shape index (κ2) is 7.84. The first-order chi connectivity index (χ1) is 10.9. The molecule has 2 rings (SSSR count). The second-order valence-corrected chi connectivity index (χ2v) is 5.84. The molecule has 1 unspecified atom stereocenters. The highest BCUT2D eigenvalue weighted by molar-refractivity contribution is 6.44. The highest BCUT2D eigenvalue weighted by atomic mass is 35.5. The van der Waals surface area contributed by atoms with Crippen LogP contribution < -0.4 is 10.6 Å². The number of hydrogen-bond donors (Lipinski definition) is 3. The number of carbonyl (C=O) groups is 1. The fourth-order valence-corrected chi connectivity index (χ4v) is 2.42. The lowest BCUT2D eigenvalue weighted by atomic mass is 10.1. The molecule has 2 amide bonds. The first-order valence-corrected chi connectivity index (χ1v) is 7.63. The zero-order valence-electron chi connectivity index (χ0n) is 11.6. The van der Waals surface area contributed by atoms with Crippen LogP contribution in [0.3, 0.4) is 0 Å². The van der Waals surface area contributed by atoms with Crippen LogP contribution in [0.2, 0.25) is 15.1 Å². The number of benzene rings is 2. The molecule has 23 heavy (non-hydrogen) atoms. The van der Waals surface area contributed by atoms with Gasteiger partial charge in [-0.3, -0.25) is 0 Å². The number of aliphatic hydroxyl groups is 1. The van der Waals surface area contributed by atoms with Gasteiger partial charge < -0.3 is 15.7 Å². The van der Waals surface area contributed by atoms with Gasteiger partial charge in [0.15, 0.2) is 0 Å².